The standard InChI is InChI=1S/C43H43ClN10O12/c1-47-28-18-33(64-5)31(62-3)16-26(28)45-24(38(47)56)9-11-49-40(58)51-13-8-22-30(53(51)42(49)60)20-52-41(59)50(43(61)54(52)36(22)21-14-23(44)37(55)35(15-21)66-7)12-10-25-39(57)48(2)29-19-34(65-6)32(63-4)17-27(29)46-25/h8,14-19,30,36,55H,9-13,20H2,1-7H3. The summed E-state index contributed by atoms with van der Waals surface area (Å²) in [6.07, 6.45) is 1.50. The second kappa shape index (κ2) is 16.4. The summed E-state index contributed by atoms with van der Waals surface area (Å²) in [5.41, 5.74) is -1.02. The summed E-state index contributed by atoms with van der Waals surface area (Å²) < 4.78 is 36.8. The maximum atomic E-state index is 14.6. The van der Waals surface area contributed by atoms with Gasteiger partial charge < -0.3 is 37.9 Å². The predicted molar refractivity (Wildman–Crippen MR) is 238 cm³/mol. The highest BCUT2D eigenvalue weighted by atomic mass is 35.5. The normalized spacial score (nSPS) is 15.3. The fourth-order valence-electron chi connectivity index (χ4n) is 9.02. The maximum Gasteiger partial charge on any atom is 0.348 e. The quantitative estimate of drug-likeness (QED) is 0.169. The topological polar surface area (TPSA) is 234 Å². The van der Waals surface area contributed by atoms with Crippen LogP contribution in [0.3, 0.4) is 0 Å². The number of allylic oxidation sites excluding steroid dienone is 2. The molecular formula is C43H43ClN10O12. The monoisotopic (exact) mass is 926 g/mol. The zero-order valence-corrected chi connectivity index (χ0v) is 37.5. The first-order valence-corrected chi connectivity index (χ1v) is 20.9. The average Bonchev–Trinajstić information content (AvgIpc) is 3.71. The third-order valence-electron chi connectivity index (χ3n) is 12.4. The van der Waals surface area contributed by atoms with Gasteiger partial charge in [-0.05, 0) is 23.3 Å². The van der Waals surface area contributed by atoms with E-state index in [1.165, 1.54) is 75.5 Å². The lowest BCUT2D eigenvalue weighted by atomic mass is 9.90. The molecule has 2 aliphatic heterocycles. The van der Waals surface area contributed by atoms with Gasteiger partial charge in [0.15, 0.2) is 34.5 Å². The number of aromatic nitrogens is 10. The molecule has 2 aliphatic rings. The largest absolute Gasteiger partial charge is 0.503 e. The molecule has 1 N–H and O–H groups in total. The maximum absolute atomic E-state index is 14.6. The van der Waals surface area contributed by atoms with Gasteiger partial charge in [-0.2, -0.15) is 0 Å². The Morgan fingerprint density at radius 1 is 0.621 bits per heavy atom. The van der Waals surface area contributed by atoms with E-state index >= 15 is 0 Å². The number of methoxy groups -OCH3 is 5. The lowest BCUT2D eigenvalue weighted by Crippen LogP contribution is -2.47. The highest BCUT2D eigenvalue weighted by Crippen LogP contribution is 2.43. The van der Waals surface area contributed by atoms with Crippen molar-refractivity contribution in [1.82, 2.24) is 47.0 Å². The molecule has 0 radical (unpaired) electrons. The molecular weight excluding hydrogens is 884 g/mol. The zero-order chi connectivity index (χ0) is 47.0. The second-order valence-electron chi connectivity index (χ2n) is 15.7. The first kappa shape index (κ1) is 43.5. The molecule has 0 spiro atoms. The molecule has 23 heteroatoms. The number of phenolic OH excluding ortho intramolecular Hbond substituents is 1. The van der Waals surface area contributed by atoms with E-state index in [0.717, 1.165) is 9.13 Å². The molecule has 0 amide bonds. The van der Waals surface area contributed by atoms with Crippen molar-refractivity contribution in [3.05, 3.63) is 133 Å². The van der Waals surface area contributed by atoms with Crippen LogP contribution in [-0.2, 0) is 53.1 Å². The van der Waals surface area contributed by atoms with E-state index in [-0.39, 0.29) is 66.9 Å². The van der Waals surface area contributed by atoms with Crippen molar-refractivity contribution < 1.29 is 28.8 Å². The van der Waals surface area contributed by atoms with Crippen molar-refractivity contribution in [2.24, 2.45) is 14.1 Å². The third-order valence-corrected chi connectivity index (χ3v) is 12.7. The average molecular weight is 927 g/mol. The minimum atomic E-state index is -1.11. The van der Waals surface area contributed by atoms with E-state index < -0.39 is 46.0 Å². The molecule has 0 saturated carbocycles. The van der Waals surface area contributed by atoms with E-state index in [9.17, 15) is 33.9 Å². The highest BCUT2D eigenvalue weighted by Gasteiger charge is 2.42. The molecule has 2 unspecified atom stereocenters. The summed E-state index contributed by atoms with van der Waals surface area (Å²) in [7, 11) is 10.4. The van der Waals surface area contributed by atoms with Gasteiger partial charge >= 0.3 is 22.8 Å². The van der Waals surface area contributed by atoms with E-state index in [2.05, 4.69) is 9.97 Å². The number of benzene rings is 3. The first-order chi connectivity index (χ1) is 31.6. The van der Waals surface area contributed by atoms with E-state index in [1.807, 2.05) is 0 Å². The zero-order valence-electron chi connectivity index (χ0n) is 36.7. The molecule has 2 atom stereocenters. The van der Waals surface area contributed by atoms with Gasteiger partial charge in [-0.1, -0.05) is 17.7 Å². The van der Waals surface area contributed by atoms with Gasteiger partial charge in [-0.25, -0.2) is 57.0 Å². The Kier molecular flexibility index (Phi) is 10.8. The van der Waals surface area contributed by atoms with Crippen molar-refractivity contribution in [3.63, 3.8) is 0 Å². The van der Waals surface area contributed by atoms with Crippen LogP contribution in [0.1, 0.15) is 29.0 Å². The predicted octanol–water partition coefficient (Wildman–Crippen LogP) is 1.10. The number of halogens is 1. The highest BCUT2D eigenvalue weighted by molar-refractivity contribution is 6.32. The summed E-state index contributed by atoms with van der Waals surface area (Å²) in [4.78, 5) is 93.9. The van der Waals surface area contributed by atoms with Crippen molar-refractivity contribution in [3.8, 4) is 34.5 Å². The summed E-state index contributed by atoms with van der Waals surface area (Å²) in [5, 5.41) is 10.6. The van der Waals surface area contributed by atoms with E-state index in [0.29, 0.717) is 56.2 Å². The fourth-order valence-corrected chi connectivity index (χ4v) is 9.24. The van der Waals surface area contributed by atoms with Gasteiger partial charge in [-0.3, -0.25) is 9.59 Å². The van der Waals surface area contributed by atoms with Gasteiger partial charge in [0.05, 0.1) is 81.8 Å². The van der Waals surface area contributed by atoms with Crippen LogP contribution in [0.25, 0.3) is 22.1 Å². The van der Waals surface area contributed by atoms with Crippen LogP contribution in [0.15, 0.2) is 76.8 Å². The molecule has 3 aromatic carbocycles. The van der Waals surface area contributed by atoms with Crippen molar-refractivity contribution in [2.45, 2.75) is 51.1 Å². The SMILES string of the molecule is COc1cc2nc(CCn3c(=O)n4n(c3=O)C3Cn5c(=O)n(CCc6nc7cc(OC)c(OC)cc7n(C)c6=O)c(=O)n5C(c5cc(Cl)c(O)c(OC)c5)C3=CC4)c(=O)n(C)c2cc1OC. The number of hydrogen-bond donors (Lipinski definition) is 1. The number of hydrogen-bond acceptors (Lipinski definition) is 14. The number of nitrogens with zero attached hydrogens (tertiary/aromatic N) is 10. The van der Waals surface area contributed by atoms with Crippen molar-refractivity contribution in [1.29, 1.82) is 0 Å². The molecule has 0 saturated heterocycles. The number of phenols is 1. The molecule has 344 valence electrons. The molecule has 0 fully saturated rings. The Hall–Kier alpha value is -7.75. The molecule has 6 heterocycles. The summed E-state index contributed by atoms with van der Waals surface area (Å²) in [6, 6.07) is 7.31. The molecule has 7 aromatic rings. The lowest BCUT2D eigenvalue weighted by Gasteiger charge is -2.37. The van der Waals surface area contributed by atoms with Gasteiger partial charge in [0.2, 0.25) is 0 Å². The lowest BCUT2D eigenvalue weighted by molar-refractivity contribution is 0.245. The van der Waals surface area contributed by atoms with Gasteiger partial charge in [-0.15, -0.1) is 0 Å². The number of aromatic hydroxyl groups is 1. The summed E-state index contributed by atoms with van der Waals surface area (Å²) in [6.45, 7) is -0.834. The van der Waals surface area contributed by atoms with Gasteiger partial charge in [0, 0.05) is 64.3 Å². The molecule has 66 heavy (non-hydrogen) atoms. The Bertz CT molecular complexity index is 3590. The molecule has 4 aromatic heterocycles. The van der Waals surface area contributed by atoms with Gasteiger partial charge in [0.25, 0.3) is 11.1 Å². The molecule has 0 bridgehead atoms. The number of rotatable bonds is 12. The third kappa shape index (κ3) is 6.60. The number of aryl methyl sites for hydroxylation is 4. The fraction of sp³-hybridized carbons (Fsp3) is 0.349. The summed E-state index contributed by atoms with van der Waals surface area (Å²) in [5.74, 6) is 1.22. The Labute approximate surface area is 376 Å². The van der Waals surface area contributed by atoms with Crippen molar-refractivity contribution in [2.75, 3.05) is 35.5 Å². The van der Waals surface area contributed by atoms with Crippen molar-refractivity contribution >= 4 is 33.7 Å². The van der Waals surface area contributed by atoms with Crippen LogP contribution in [-0.4, -0.2) is 87.6 Å². The Morgan fingerprint density at radius 2 is 1.09 bits per heavy atom. The van der Waals surface area contributed by atoms with Crippen LogP contribution >= 0.6 is 11.6 Å². The smallest absolute Gasteiger partial charge is 0.348 e. The minimum absolute atomic E-state index is 0.0175. The van der Waals surface area contributed by atoms with Gasteiger partial charge in [0.1, 0.15) is 17.4 Å². The molecule has 0 aliphatic carbocycles. The summed E-state index contributed by atoms with van der Waals surface area (Å²) >= 11 is 6.51. The Balaban J connectivity index is 1.12. The van der Waals surface area contributed by atoms with E-state index in [4.69, 9.17) is 35.3 Å². The molecule has 22 nitrogen and oxygen atoms in total. The minimum Gasteiger partial charge on any atom is -0.503 e. The first-order valence-electron chi connectivity index (χ1n) is 20.5. The van der Waals surface area contributed by atoms with Crippen LogP contribution in [0.5, 0.6) is 34.5 Å². The van der Waals surface area contributed by atoms with Crippen LogP contribution in [0.2, 0.25) is 5.02 Å². The molecule has 9 rings (SSSR count). The van der Waals surface area contributed by atoms with Crippen LogP contribution in [0, 0.1) is 0 Å². The Morgan fingerprint density at radius 3 is 1.59 bits per heavy atom. The van der Waals surface area contributed by atoms with Crippen LogP contribution in [0.4, 0.5) is 0 Å². The second-order valence-corrected chi connectivity index (χ2v) is 16.1. The van der Waals surface area contributed by atoms with E-state index in [1.54, 1.807) is 44.4 Å². The van der Waals surface area contributed by atoms with Crippen LogP contribution < -0.4 is 57.6 Å². The number of fused-ring (bicyclic) bond motifs is 6. The number of ether oxygens (including phenoxy) is 5.